The number of nitrogens with one attached hydrogen (secondary N) is 2. The molecule has 0 amide bonds. The maximum Gasteiger partial charge on any atom is 0.325 e. The van der Waals surface area contributed by atoms with Crippen LogP contribution in [0.25, 0.3) is 0 Å². The van der Waals surface area contributed by atoms with Crippen LogP contribution in [-0.2, 0) is 14.8 Å². The van der Waals surface area contributed by atoms with Crippen LogP contribution in [0.5, 0.6) is 0 Å². The van der Waals surface area contributed by atoms with Gasteiger partial charge in [-0.05, 0) is 0 Å². The van der Waals surface area contributed by atoms with Gasteiger partial charge in [0.05, 0.1) is 0 Å². The summed E-state index contributed by atoms with van der Waals surface area (Å²) in [4.78, 5) is 35.9. The first-order valence-corrected chi connectivity index (χ1v) is 6.38. The number of carboxylic acid groups (broad SMARTS) is 1. The van der Waals surface area contributed by atoms with Gasteiger partial charge < -0.3 is 10.1 Å². The van der Waals surface area contributed by atoms with Gasteiger partial charge in [-0.15, -0.1) is 6.58 Å². The van der Waals surface area contributed by atoms with Crippen molar-refractivity contribution in [2.24, 2.45) is 0 Å². The molecule has 0 aromatic carbocycles. The van der Waals surface area contributed by atoms with E-state index in [1.165, 1.54) is 6.08 Å². The quantitative estimate of drug-likeness (QED) is 0.534. The van der Waals surface area contributed by atoms with Gasteiger partial charge in [0.1, 0.15) is 6.54 Å². The van der Waals surface area contributed by atoms with Gasteiger partial charge in [0, 0.05) is 12.7 Å². The van der Waals surface area contributed by atoms with Gasteiger partial charge in [0.2, 0.25) is 0 Å². The Morgan fingerprint density at radius 1 is 1.47 bits per heavy atom. The molecule has 1 aromatic rings. The Kier molecular flexibility index (Phi) is 4.40. The summed E-state index contributed by atoms with van der Waals surface area (Å²) in [7, 11) is -4.34. The molecule has 0 saturated carbocycles. The topological polar surface area (TPSA) is 140 Å². The molecule has 0 aliphatic heterocycles. The van der Waals surface area contributed by atoms with Gasteiger partial charge in [-0.25, -0.2) is 13.2 Å². The highest BCUT2D eigenvalue weighted by Crippen LogP contribution is 2.09. The number of sulfonamides is 1. The fraction of sp³-hybridized carbons (Fsp3) is 0.222. The Bertz CT molecular complexity index is 701. The number of aromatic amines is 2. The zero-order valence-electron chi connectivity index (χ0n) is 9.62. The number of carbonyl (C=O) groups is 1. The summed E-state index contributed by atoms with van der Waals surface area (Å²) in [6.45, 7) is 2.20. The number of carboxylic acids is 1. The molecule has 10 heteroatoms. The van der Waals surface area contributed by atoms with E-state index < -0.39 is 38.7 Å². The highest BCUT2D eigenvalue weighted by atomic mass is 32.2. The second kappa shape index (κ2) is 5.63. The van der Waals surface area contributed by atoms with Crippen LogP contribution >= 0.6 is 0 Å². The Labute approximate surface area is 107 Å². The zero-order valence-corrected chi connectivity index (χ0v) is 10.4. The Hall–Kier alpha value is -2.20. The van der Waals surface area contributed by atoms with Crippen LogP contribution in [0.3, 0.4) is 0 Å². The molecule has 1 rings (SSSR count). The first-order chi connectivity index (χ1) is 8.78. The summed E-state index contributed by atoms with van der Waals surface area (Å²) >= 11 is 0. The van der Waals surface area contributed by atoms with E-state index in [4.69, 9.17) is 5.11 Å². The van der Waals surface area contributed by atoms with Gasteiger partial charge in [0.25, 0.3) is 15.6 Å². The molecule has 3 N–H and O–H groups in total. The molecule has 0 radical (unpaired) electrons. The zero-order chi connectivity index (χ0) is 14.6. The summed E-state index contributed by atoms with van der Waals surface area (Å²) in [6, 6.07) is 0. The second-order valence-corrected chi connectivity index (χ2v) is 5.32. The minimum absolute atomic E-state index is 0.285. The third-order valence-electron chi connectivity index (χ3n) is 2.05. The van der Waals surface area contributed by atoms with E-state index in [-0.39, 0.29) is 6.54 Å². The van der Waals surface area contributed by atoms with Crippen molar-refractivity contribution in [2.45, 2.75) is 4.90 Å². The molecule has 19 heavy (non-hydrogen) atoms. The normalized spacial score (nSPS) is 11.4. The standard InChI is InChI=1S/C9H11N3O6S/c1-2-3-12(5-7(13)14)19(17,18)6-4-10-9(16)11-8(6)15/h2,4H,1,3,5H2,(H,13,14)(H2,10,11,15,16). The summed E-state index contributed by atoms with van der Waals surface area (Å²) in [5.74, 6) is -1.38. The average molecular weight is 289 g/mol. The highest BCUT2D eigenvalue weighted by Gasteiger charge is 2.28. The molecular formula is C9H11N3O6S. The average Bonchev–Trinajstić information content (AvgIpc) is 2.27. The maximum atomic E-state index is 12.1. The predicted molar refractivity (Wildman–Crippen MR) is 64.3 cm³/mol. The minimum atomic E-state index is -4.34. The largest absolute Gasteiger partial charge is 0.480 e. The molecule has 0 aliphatic rings. The molecule has 0 bridgehead atoms. The van der Waals surface area contributed by atoms with Crippen LogP contribution < -0.4 is 11.2 Å². The van der Waals surface area contributed by atoms with E-state index in [0.29, 0.717) is 10.5 Å². The number of aromatic nitrogens is 2. The number of hydrogen-bond acceptors (Lipinski definition) is 5. The van der Waals surface area contributed by atoms with Crippen molar-refractivity contribution in [3.05, 3.63) is 39.7 Å². The van der Waals surface area contributed by atoms with E-state index in [9.17, 15) is 22.8 Å². The van der Waals surface area contributed by atoms with Crippen molar-refractivity contribution < 1.29 is 18.3 Å². The Morgan fingerprint density at radius 2 is 2.11 bits per heavy atom. The first-order valence-electron chi connectivity index (χ1n) is 4.94. The van der Waals surface area contributed by atoms with Crippen LogP contribution in [0.1, 0.15) is 0 Å². The molecule has 9 nitrogen and oxygen atoms in total. The maximum absolute atomic E-state index is 12.1. The van der Waals surface area contributed by atoms with Gasteiger partial charge in [0.15, 0.2) is 4.90 Å². The summed E-state index contributed by atoms with van der Waals surface area (Å²) in [5, 5.41) is 8.65. The minimum Gasteiger partial charge on any atom is -0.480 e. The molecule has 0 fully saturated rings. The van der Waals surface area contributed by atoms with Crippen LogP contribution in [0.2, 0.25) is 0 Å². The monoisotopic (exact) mass is 289 g/mol. The van der Waals surface area contributed by atoms with Crippen molar-refractivity contribution in [3.63, 3.8) is 0 Å². The van der Waals surface area contributed by atoms with E-state index >= 15 is 0 Å². The summed E-state index contributed by atoms with van der Waals surface area (Å²) in [5.41, 5.74) is -1.99. The smallest absolute Gasteiger partial charge is 0.325 e. The SMILES string of the molecule is C=CCN(CC(=O)O)S(=O)(=O)c1c[nH]c(=O)[nH]c1=O. The molecule has 0 aliphatic carbocycles. The fourth-order valence-corrected chi connectivity index (χ4v) is 2.62. The number of rotatable bonds is 6. The molecule has 104 valence electrons. The second-order valence-electron chi connectivity index (χ2n) is 3.42. The van der Waals surface area contributed by atoms with Crippen LogP contribution in [0.4, 0.5) is 0 Å². The molecule has 0 spiro atoms. The molecule has 1 aromatic heterocycles. The summed E-state index contributed by atoms with van der Waals surface area (Å²) < 4.78 is 24.7. The van der Waals surface area contributed by atoms with Gasteiger partial charge >= 0.3 is 11.7 Å². The first kappa shape index (κ1) is 14.9. The fourth-order valence-electron chi connectivity index (χ4n) is 1.27. The lowest BCUT2D eigenvalue weighted by Crippen LogP contribution is -2.39. The lowest BCUT2D eigenvalue weighted by atomic mass is 10.6. The van der Waals surface area contributed by atoms with Crippen molar-refractivity contribution >= 4 is 16.0 Å². The van der Waals surface area contributed by atoms with Crippen LogP contribution in [0.15, 0.2) is 33.3 Å². The van der Waals surface area contributed by atoms with Crippen molar-refractivity contribution in [3.8, 4) is 0 Å². The Morgan fingerprint density at radius 3 is 2.58 bits per heavy atom. The van der Waals surface area contributed by atoms with E-state index in [1.807, 2.05) is 4.98 Å². The molecule has 0 atom stereocenters. The summed E-state index contributed by atoms with van der Waals surface area (Å²) in [6.07, 6.45) is 1.90. The van der Waals surface area contributed by atoms with Gasteiger partial charge in [-0.1, -0.05) is 6.08 Å². The van der Waals surface area contributed by atoms with Gasteiger partial charge in [-0.3, -0.25) is 14.6 Å². The lowest BCUT2D eigenvalue weighted by Gasteiger charge is -2.17. The molecule has 0 saturated heterocycles. The Balaban J connectivity index is 3.34. The van der Waals surface area contributed by atoms with E-state index in [0.717, 1.165) is 0 Å². The van der Waals surface area contributed by atoms with Crippen LogP contribution in [0, 0.1) is 0 Å². The van der Waals surface area contributed by atoms with E-state index in [2.05, 4.69) is 6.58 Å². The number of hydrogen-bond donors (Lipinski definition) is 3. The lowest BCUT2D eigenvalue weighted by molar-refractivity contribution is -0.137. The van der Waals surface area contributed by atoms with Crippen molar-refractivity contribution in [2.75, 3.05) is 13.1 Å². The molecular weight excluding hydrogens is 278 g/mol. The molecule has 1 heterocycles. The third-order valence-corrected chi connectivity index (χ3v) is 3.86. The number of H-pyrrole nitrogens is 2. The number of nitrogens with zero attached hydrogens (tertiary/aromatic N) is 1. The van der Waals surface area contributed by atoms with Crippen molar-refractivity contribution in [1.29, 1.82) is 0 Å². The van der Waals surface area contributed by atoms with Crippen LogP contribution in [-0.4, -0.2) is 46.9 Å². The predicted octanol–water partition coefficient (Wildman–Crippen LogP) is -1.68. The van der Waals surface area contributed by atoms with E-state index in [1.54, 1.807) is 4.98 Å². The highest BCUT2D eigenvalue weighted by molar-refractivity contribution is 7.89. The van der Waals surface area contributed by atoms with Crippen molar-refractivity contribution in [1.82, 2.24) is 14.3 Å². The van der Waals surface area contributed by atoms with Gasteiger partial charge in [-0.2, -0.15) is 4.31 Å². The third kappa shape index (κ3) is 3.39. The number of aliphatic carboxylic acids is 1. The molecule has 0 unspecified atom stereocenters.